The van der Waals surface area contributed by atoms with Gasteiger partial charge < -0.3 is 0 Å². The van der Waals surface area contributed by atoms with Gasteiger partial charge in [0, 0.05) is 18.9 Å². The minimum Gasteiger partial charge on any atom is -0.300 e. The summed E-state index contributed by atoms with van der Waals surface area (Å²) < 4.78 is 3.32. The molecule has 0 radical (unpaired) electrons. The van der Waals surface area contributed by atoms with Crippen LogP contribution < -0.4 is 5.69 Å². The van der Waals surface area contributed by atoms with E-state index in [1.165, 1.54) is 12.8 Å². The summed E-state index contributed by atoms with van der Waals surface area (Å²) in [5.41, 5.74) is 1.39. The second-order valence-electron chi connectivity index (χ2n) is 4.29. The minimum atomic E-state index is -0.0201. The lowest BCUT2D eigenvalue weighted by Crippen LogP contribution is -2.26. The maximum atomic E-state index is 12.1. The van der Waals surface area contributed by atoms with Gasteiger partial charge in [-0.25, -0.2) is 9.78 Å². The van der Waals surface area contributed by atoms with E-state index in [-0.39, 0.29) is 5.69 Å². The van der Waals surface area contributed by atoms with Crippen molar-refractivity contribution in [3.8, 4) is 0 Å². The van der Waals surface area contributed by atoms with E-state index in [4.69, 9.17) is 11.6 Å². The normalized spacial score (nSPS) is 15.8. The van der Waals surface area contributed by atoms with Gasteiger partial charge in [0.25, 0.3) is 0 Å². The number of rotatable bonds is 3. The van der Waals surface area contributed by atoms with Gasteiger partial charge in [0.1, 0.15) is 5.65 Å². The fourth-order valence-corrected chi connectivity index (χ4v) is 1.99. The SMILES string of the molecule is O=c1n(CC2CC2)ccc2nc(CCl)cn12. The van der Waals surface area contributed by atoms with Crippen molar-refractivity contribution in [2.75, 3.05) is 0 Å². The quantitative estimate of drug-likeness (QED) is 0.762. The lowest BCUT2D eigenvalue weighted by molar-refractivity contribution is 0.587. The summed E-state index contributed by atoms with van der Waals surface area (Å²) in [6.45, 7) is 0.823. The molecule has 0 aliphatic heterocycles. The van der Waals surface area contributed by atoms with Crippen molar-refractivity contribution >= 4 is 17.2 Å². The highest BCUT2D eigenvalue weighted by atomic mass is 35.5. The number of aromatic nitrogens is 3. The Labute approximate surface area is 97.5 Å². The van der Waals surface area contributed by atoms with E-state index >= 15 is 0 Å². The molecule has 0 unspecified atom stereocenters. The van der Waals surface area contributed by atoms with Gasteiger partial charge in [0.2, 0.25) is 0 Å². The summed E-state index contributed by atoms with van der Waals surface area (Å²) in [6, 6.07) is 1.86. The maximum absolute atomic E-state index is 12.1. The zero-order valence-corrected chi connectivity index (χ0v) is 9.52. The van der Waals surface area contributed by atoms with Gasteiger partial charge in [-0.2, -0.15) is 0 Å². The van der Waals surface area contributed by atoms with Crippen LogP contribution in [0.4, 0.5) is 0 Å². The Bertz CT molecular complexity index is 582. The molecular formula is C11H12ClN3O. The second kappa shape index (κ2) is 3.63. The first-order chi connectivity index (χ1) is 7.78. The van der Waals surface area contributed by atoms with Gasteiger partial charge in [-0.1, -0.05) is 0 Å². The topological polar surface area (TPSA) is 39.3 Å². The van der Waals surface area contributed by atoms with Crippen LogP contribution in [0.1, 0.15) is 18.5 Å². The number of hydrogen-bond donors (Lipinski definition) is 0. The molecule has 2 aromatic rings. The van der Waals surface area contributed by atoms with E-state index < -0.39 is 0 Å². The molecule has 1 aliphatic rings. The molecule has 5 heteroatoms. The third-order valence-electron chi connectivity index (χ3n) is 2.93. The van der Waals surface area contributed by atoms with Crippen LogP contribution in [0.3, 0.4) is 0 Å². The molecule has 3 rings (SSSR count). The lowest BCUT2D eigenvalue weighted by atomic mass is 10.4. The van der Waals surface area contributed by atoms with Crippen molar-refractivity contribution in [2.45, 2.75) is 25.3 Å². The Morgan fingerprint density at radius 2 is 2.31 bits per heavy atom. The predicted molar refractivity (Wildman–Crippen MR) is 61.7 cm³/mol. The summed E-state index contributed by atoms with van der Waals surface area (Å²) in [5, 5.41) is 0. The molecule has 0 bridgehead atoms. The standard InChI is InChI=1S/C11H12ClN3O/c12-5-9-7-15-10(13-9)3-4-14(11(15)16)6-8-1-2-8/h3-4,7-8H,1-2,5-6H2. The van der Waals surface area contributed by atoms with Crippen LogP contribution in [0.2, 0.25) is 0 Å². The van der Waals surface area contributed by atoms with E-state index in [0.29, 0.717) is 17.4 Å². The Balaban J connectivity index is 2.10. The van der Waals surface area contributed by atoms with Crippen molar-refractivity contribution in [3.05, 3.63) is 34.6 Å². The van der Waals surface area contributed by atoms with Crippen LogP contribution in [0.25, 0.3) is 5.65 Å². The smallest absolute Gasteiger partial charge is 0.300 e. The summed E-state index contributed by atoms with van der Waals surface area (Å²) >= 11 is 5.70. The van der Waals surface area contributed by atoms with E-state index in [0.717, 1.165) is 12.2 Å². The van der Waals surface area contributed by atoms with Gasteiger partial charge in [0.05, 0.1) is 11.6 Å². The predicted octanol–water partition coefficient (Wildman–Crippen LogP) is 1.64. The molecule has 0 saturated heterocycles. The first-order valence-corrected chi connectivity index (χ1v) is 5.95. The molecule has 1 aliphatic carbocycles. The number of hydrogen-bond acceptors (Lipinski definition) is 2. The Morgan fingerprint density at radius 3 is 3.00 bits per heavy atom. The molecule has 0 N–H and O–H groups in total. The van der Waals surface area contributed by atoms with Crippen molar-refractivity contribution in [1.29, 1.82) is 0 Å². The average molecular weight is 238 g/mol. The Morgan fingerprint density at radius 1 is 1.50 bits per heavy atom. The highest BCUT2D eigenvalue weighted by Crippen LogP contribution is 2.29. The zero-order valence-electron chi connectivity index (χ0n) is 8.77. The second-order valence-corrected chi connectivity index (χ2v) is 4.56. The molecule has 84 valence electrons. The molecule has 0 spiro atoms. The molecule has 0 amide bonds. The molecular weight excluding hydrogens is 226 g/mol. The monoisotopic (exact) mass is 237 g/mol. The molecule has 16 heavy (non-hydrogen) atoms. The van der Waals surface area contributed by atoms with Crippen LogP contribution >= 0.6 is 11.6 Å². The molecule has 4 nitrogen and oxygen atoms in total. The third-order valence-corrected chi connectivity index (χ3v) is 3.20. The third kappa shape index (κ3) is 1.63. The van der Waals surface area contributed by atoms with Crippen molar-refractivity contribution < 1.29 is 0 Å². The van der Waals surface area contributed by atoms with E-state index in [9.17, 15) is 4.79 Å². The van der Waals surface area contributed by atoms with E-state index in [1.807, 2.05) is 12.3 Å². The summed E-state index contributed by atoms with van der Waals surface area (Å²) in [4.78, 5) is 16.3. The van der Waals surface area contributed by atoms with Crippen LogP contribution in [0, 0.1) is 5.92 Å². The molecule has 1 fully saturated rings. The van der Waals surface area contributed by atoms with Crippen molar-refractivity contribution in [1.82, 2.24) is 14.0 Å². The highest BCUT2D eigenvalue weighted by molar-refractivity contribution is 6.16. The summed E-state index contributed by atoms with van der Waals surface area (Å²) in [6.07, 6.45) is 6.01. The molecule has 0 aromatic carbocycles. The van der Waals surface area contributed by atoms with Gasteiger partial charge >= 0.3 is 5.69 Å². The fourth-order valence-electron chi connectivity index (χ4n) is 1.86. The first-order valence-electron chi connectivity index (χ1n) is 5.41. The van der Waals surface area contributed by atoms with Gasteiger partial charge in [-0.05, 0) is 24.8 Å². The average Bonchev–Trinajstić information content (AvgIpc) is 2.99. The Kier molecular flexibility index (Phi) is 2.24. The maximum Gasteiger partial charge on any atom is 0.333 e. The highest BCUT2D eigenvalue weighted by Gasteiger charge is 2.22. The van der Waals surface area contributed by atoms with Crippen molar-refractivity contribution in [3.63, 3.8) is 0 Å². The lowest BCUT2D eigenvalue weighted by Gasteiger charge is -2.03. The summed E-state index contributed by atoms with van der Waals surface area (Å²) in [5.74, 6) is 1.02. The number of alkyl halides is 1. The minimum absolute atomic E-state index is 0.0201. The molecule has 0 atom stereocenters. The molecule has 2 aromatic heterocycles. The Hall–Kier alpha value is -1.29. The number of imidazole rings is 1. The number of nitrogens with zero attached hydrogens (tertiary/aromatic N) is 3. The van der Waals surface area contributed by atoms with Crippen LogP contribution in [0.15, 0.2) is 23.3 Å². The zero-order chi connectivity index (χ0) is 11.1. The van der Waals surface area contributed by atoms with E-state index in [2.05, 4.69) is 4.98 Å². The van der Waals surface area contributed by atoms with Crippen molar-refractivity contribution in [2.24, 2.45) is 5.92 Å². The van der Waals surface area contributed by atoms with Gasteiger partial charge in [0.15, 0.2) is 0 Å². The molecule has 1 saturated carbocycles. The number of fused-ring (bicyclic) bond motifs is 1. The van der Waals surface area contributed by atoms with E-state index in [1.54, 1.807) is 15.2 Å². The van der Waals surface area contributed by atoms with Crippen LogP contribution in [-0.2, 0) is 12.4 Å². The largest absolute Gasteiger partial charge is 0.333 e. The van der Waals surface area contributed by atoms with Gasteiger partial charge in [-0.3, -0.25) is 8.97 Å². The van der Waals surface area contributed by atoms with Gasteiger partial charge in [-0.15, -0.1) is 11.6 Å². The fraction of sp³-hybridized carbons (Fsp3) is 0.455. The molecule has 2 heterocycles. The summed E-state index contributed by atoms with van der Waals surface area (Å²) in [7, 11) is 0. The van der Waals surface area contributed by atoms with Crippen LogP contribution in [-0.4, -0.2) is 14.0 Å². The number of halogens is 1. The van der Waals surface area contributed by atoms with Crippen LogP contribution in [0.5, 0.6) is 0 Å². The first kappa shape index (κ1) is 9.90.